The molecule has 4 amide bonds. The number of amides is 4. The first-order valence-corrected chi connectivity index (χ1v) is 8.18. The summed E-state index contributed by atoms with van der Waals surface area (Å²) in [6.45, 7) is 1.52. The Morgan fingerprint density at radius 1 is 1.00 bits per heavy atom. The maximum Gasteiger partial charge on any atom is 0.321 e. The molecule has 0 bridgehead atoms. The molecule has 8 nitrogen and oxygen atoms in total. The lowest BCUT2D eigenvalue weighted by Gasteiger charge is -2.14. The molecule has 0 aliphatic heterocycles. The van der Waals surface area contributed by atoms with Crippen molar-refractivity contribution in [3.63, 3.8) is 0 Å². The van der Waals surface area contributed by atoms with Crippen molar-refractivity contribution in [2.24, 2.45) is 0 Å². The number of imide groups is 1. The number of urea groups is 1. The Bertz CT molecular complexity index is 820. The smallest absolute Gasteiger partial charge is 0.321 e. The maximum absolute atomic E-state index is 12.4. The molecule has 8 heteroatoms. The van der Waals surface area contributed by atoms with E-state index >= 15 is 0 Å². The van der Waals surface area contributed by atoms with E-state index in [4.69, 9.17) is 9.47 Å². The van der Waals surface area contributed by atoms with Gasteiger partial charge in [-0.25, -0.2) is 4.79 Å². The van der Waals surface area contributed by atoms with Crippen LogP contribution in [0.15, 0.2) is 48.5 Å². The summed E-state index contributed by atoms with van der Waals surface area (Å²) in [5.74, 6) is 0.0260. The van der Waals surface area contributed by atoms with E-state index < -0.39 is 18.0 Å². The maximum atomic E-state index is 12.4. The lowest BCUT2D eigenvalue weighted by atomic mass is 10.2. The standard InChI is InChI=1S/C19H21N3O5/c1-12(17(23)22-19(25)20-2)27-14-10-8-13(9-11-14)21-18(24)15-6-4-5-7-16(15)26-3/h4-12H,1-3H3,(H,21,24)(H2,20,22,23,25)/t12-/m1/s1. The third kappa shape index (κ3) is 5.46. The van der Waals surface area contributed by atoms with Crippen LogP contribution in [0.1, 0.15) is 17.3 Å². The fourth-order valence-corrected chi connectivity index (χ4v) is 2.18. The van der Waals surface area contributed by atoms with E-state index in [2.05, 4.69) is 16.0 Å². The van der Waals surface area contributed by atoms with Gasteiger partial charge in [0.25, 0.3) is 11.8 Å². The Labute approximate surface area is 156 Å². The van der Waals surface area contributed by atoms with E-state index in [9.17, 15) is 14.4 Å². The highest BCUT2D eigenvalue weighted by molar-refractivity contribution is 6.06. The molecule has 0 heterocycles. The van der Waals surface area contributed by atoms with Crippen molar-refractivity contribution >= 4 is 23.5 Å². The van der Waals surface area contributed by atoms with Crippen molar-refractivity contribution in [2.45, 2.75) is 13.0 Å². The van der Waals surface area contributed by atoms with Crippen molar-refractivity contribution in [3.8, 4) is 11.5 Å². The van der Waals surface area contributed by atoms with Crippen LogP contribution in [0.2, 0.25) is 0 Å². The summed E-state index contributed by atoms with van der Waals surface area (Å²) in [7, 11) is 2.91. The van der Waals surface area contributed by atoms with E-state index in [0.717, 1.165) is 0 Å². The highest BCUT2D eigenvalue weighted by Gasteiger charge is 2.17. The third-order valence-corrected chi connectivity index (χ3v) is 3.61. The molecule has 0 saturated heterocycles. The predicted octanol–water partition coefficient (Wildman–Crippen LogP) is 2.17. The fraction of sp³-hybridized carbons (Fsp3) is 0.211. The number of ether oxygens (including phenoxy) is 2. The Balaban J connectivity index is 1.97. The molecule has 0 unspecified atom stereocenters. The minimum atomic E-state index is -0.865. The van der Waals surface area contributed by atoms with Gasteiger partial charge in [-0.1, -0.05) is 12.1 Å². The molecule has 0 fully saturated rings. The summed E-state index contributed by atoms with van der Waals surface area (Å²) in [5, 5.41) is 7.18. The van der Waals surface area contributed by atoms with Gasteiger partial charge in [0.1, 0.15) is 11.5 Å². The van der Waals surface area contributed by atoms with Gasteiger partial charge in [-0.2, -0.15) is 0 Å². The third-order valence-electron chi connectivity index (χ3n) is 3.61. The Morgan fingerprint density at radius 3 is 2.30 bits per heavy atom. The second-order valence-corrected chi connectivity index (χ2v) is 5.51. The molecule has 2 rings (SSSR count). The molecule has 2 aromatic rings. The topological polar surface area (TPSA) is 106 Å². The highest BCUT2D eigenvalue weighted by Crippen LogP contribution is 2.21. The van der Waals surface area contributed by atoms with Crippen molar-refractivity contribution in [1.82, 2.24) is 10.6 Å². The Hall–Kier alpha value is -3.55. The number of para-hydroxylation sites is 1. The Morgan fingerprint density at radius 2 is 1.67 bits per heavy atom. The summed E-state index contributed by atoms with van der Waals surface area (Å²) in [5.41, 5.74) is 0.973. The number of benzene rings is 2. The quantitative estimate of drug-likeness (QED) is 0.722. The van der Waals surface area contributed by atoms with Crippen LogP contribution in [-0.4, -0.2) is 38.1 Å². The second-order valence-electron chi connectivity index (χ2n) is 5.51. The van der Waals surface area contributed by atoms with Crippen LogP contribution in [0, 0.1) is 0 Å². The molecule has 0 aliphatic carbocycles. The lowest BCUT2D eigenvalue weighted by Crippen LogP contribution is -2.43. The summed E-state index contributed by atoms with van der Waals surface area (Å²) in [4.78, 5) is 35.3. The number of rotatable bonds is 6. The van der Waals surface area contributed by atoms with Crippen LogP contribution in [0.5, 0.6) is 11.5 Å². The number of anilines is 1. The van der Waals surface area contributed by atoms with Gasteiger partial charge in [-0.3, -0.25) is 14.9 Å². The van der Waals surface area contributed by atoms with Crippen molar-refractivity contribution in [2.75, 3.05) is 19.5 Å². The van der Waals surface area contributed by atoms with Crippen molar-refractivity contribution in [3.05, 3.63) is 54.1 Å². The number of hydrogen-bond acceptors (Lipinski definition) is 5. The number of hydrogen-bond donors (Lipinski definition) is 3. The van der Waals surface area contributed by atoms with Gasteiger partial charge in [0.15, 0.2) is 6.10 Å². The first-order valence-electron chi connectivity index (χ1n) is 8.18. The summed E-state index contributed by atoms with van der Waals surface area (Å²) in [6, 6.07) is 12.8. The van der Waals surface area contributed by atoms with E-state index in [1.165, 1.54) is 21.1 Å². The van der Waals surface area contributed by atoms with Gasteiger partial charge in [0, 0.05) is 12.7 Å². The van der Waals surface area contributed by atoms with Crippen LogP contribution in [-0.2, 0) is 4.79 Å². The minimum absolute atomic E-state index is 0.306. The summed E-state index contributed by atoms with van der Waals surface area (Å²) < 4.78 is 10.7. The number of methoxy groups -OCH3 is 1. The molecule has 0 saturated carbocycles. The van der Waals surface area contributed by atoms with Crippen molar-refractivity contribution < 1.29 is 23.9 Å². The molecule has 142 valence electrons. The largest absolute Gasteiger partial charge is 0.496 e. The van der Waals surface area contributed by atoms with Gasteiger partial charge in [0.2, 0.25) is 0 Å². The minimum Gasteiger partial charge on any atom is -0.496 e. The molecule has 0 spiro atoms. The first kappa shape index (κ1) is 19.8. The molecule has 0 aromatic heterocycles. The summed E-state index contributed by atoms with van der Waals surface area (Å²) >= 11 is 0. The van der Waals surface area contributed by atoms with Gasteiger partial charge in [0.05, 0.1) is 12.7 Å². The molecule has 0 radical (unpaired) electrons. The average molecular weight is 371 g/mol. The molecule has 27 heavy (non-hydrogen) atoms. The number of carbonyl (C=O) groups excluding carboxylic acids is 3. The van der Waals surface area contributed by atoms with Gasteiger partial charge in [-0.05, 0) is 43.3 Å². The van der Waals surface area contributed by atoms with Crippen LogP contribution >= 0.6 is 0 Å². The molecule has 3 N–H and O–H groups in total. The zero-order valence-corrected chi connectivity index (χ0v) is 15.2. The molecular weight excluding hydrogens is 350 g/mol. The number of nitrogens with one attached hydrogen (secondary N) is 3. The summed E-state index contributed by atoms with van der Waals surface area (Å²) in [6.07, 6.45) is -0.865. The SMILES string of the molecule is CNC(=O)NC(=O)[C@@H](C)Oc1ccc(NC(=O)c2ccccc2OC)cc1. The number of carbonyl (C=O) groups is 3. The van der Waals surface area contributed by atoms with Crippen LogP contribution in [0.4, 0.5) is 10.5 Å². The van der Waals surface area contributed by atoms with Gasteiger partial charge >= 0.3 is 6.03 Å². The van der Waals surface area contributed by atoms with E-state index in [1.807, 2.05) is 0 Å². The monoisotopic (exact) mass is 371 g/mol. The zero-order chi connectivity index (χ0) is 19.8. The van der Waals surface area contributed by atoms with Crippen LogP contribution in [0.3, 0.4) is 0 Å². The van der Waals surface area contributed by atoms with Gasteiger partial charge in [-0.15, -0.1) is 0 Å². The van der Waals surface area contributed by atoms with E-state index in [1.54, 1.807) is 48.5 Å². The van der Waals surface area contributed by atoms with Gasteiger partial charge < -0.3 is 20.1 Å². The van der Waals surface area contributed by atoms with Crippen LogP contribution in [0.25, 0.3) is 0 Å². The first-order chi connectivity index (χ1) is 12.9. The lowest BCUT2D eigenvalue weighted by molar-refractivity contribution is -0.126. The Kier molecular flexibility index (Phi) is 6.76. The average Bonchev–Trinajstić information content (AvgIpc) is 2.69. The van der Waals surface area contributed by atoms with E-state index in [0.29, 0.717) is 22.7 Å². The van der Waals surface area contributed by atoms with Crippen LogP contribution < -0.4 is 25.4 Å². The fourth-order valence-electron chi connectivity index (χ4n) is 2.18. The molecule has 2 aromatic carbocycles. The second kappa shape index (κ2) is 9.23. The molecular formula is C19H21N3O5. The zero-order valence-electron chi connectivity index (χ0n) is 15.2. The van der Waals surface area contributed by atoms with Crippen molar-refractivity contribution in [1.29, 1.82) is 0 Å². The predicted molar refractivity (Wildman–Crippen MR) is 100 cm³/mol. The molecule has 1 atom stereocenters. The highest BCUT2D eigenvalue weighted by atomic mass is 16.5. The van der Waals surface area contributed by atoms with E-state index in [-0.39, 0.29) is 5.91 Å². The molecule has 0 aliphatic rings. The normalized spacial score (nSPS) is 11.1.